The SMILES string of the molecule is CCCCCCCCCCCCOc1ccc(C(=O)O)cc1Br. The van der Waals surface area contributed by atoms with Crippen LogP contribution in [0.4, 0.5) is 0 Å². The van der Waals surface area contributed by atoms with Crippen molar-refractivity contribution in [3.8, 4) is 5.75 Å². The fraction of sp³-hybridized carbons (Fsp3) is 0.632. The summed E-state index contributed by atoms with van der Waals surface area (Å²) in [7, 11) is 0. The van der Waals surface area contributed by atoms with Gasteiger partial charge < -0.3 is 9.84 Å². The van der Waals surface area contributed by atoms with E-state index in [2.05, 4.69) is 22.9 Å². The van der Waals surface area contributed by atoms with Gasteiger partial charge in [-0.25, -0.2) is 4.79 Å². The molecule has 0 saturated carbocycles. The normalized spacial score (nSPS) is 10.7. The summed E-state index contributed by atoms with van der Waals surface area (Å²) in [5.74, 6) is -0.210. The Labute approximate surface area is 148 Å². The molecule has 1 aromatic rings. The zero-order valence-electron chi connectivity index (χ0n) is 14.2. The van der Waals surface area contributed by atoms with Crippen LogP contribution in [0.3, 0.4) is 0 Å². The zero-order chi connectivity index (χ0) is 16.9. The molecule has 1 aromatic carbocycles. The lowest BCUT2D eigenvalue weighted by atomic mass is 10.1. The number of ether oxygens (including phenoxy) is 1. The van der Waals surface area contributed by atoms with Crippen LogP contribution in [0.25, 0.3) is 0 Å². The highest BCUT2D eigenvalue weighted by atomic mass is 79.9. The first kappa shape index (κ1) is 20.0. The Hall–Kier alpha value is -1.03. The Balaban J connectivity index is 2.04. The Bertz CT molecular complexity index is 460. The van der Waals surface area contributed by atoms with Crippen LogP contribution in [0.15, 0.2) is 22.7 Å². The van der Waals surface area contributed by atoms with E-state index in [1.54, 1.807) is 18.2 Å². The summed E-state index contributed by atoms with van der Waals surface area (Å²) in [6.07, 6.45) is 13.0. The number of carboxylic acids is 1. The van der Waals surface area contributed by atoms with E-state index in [9.17, 15) is 4.79 Å². The molecule has 4 heteroatoms. The van der Waals surface area contributed by atoms with Crippen LogP contribution < -0.4 is 4.74 Å². The molecular weight excluding hydrogens is 356 g/mol. The highest BCUT2D eigenvalue weighted by molar-refractivity contribution is 9.10. The molecule has 0 aliphatic carbocycles. The van der Waals surface area contributed by atoms with Crippen LogP contribution >= 0.6 is 15.9 Å². The van der Waals surface area contributed by atoms with E-state index in [4.69, 9.17) is 9.84 Å². The summed E-state index contributed by atoms with van der Waals surface area (Å²) in [4.78, 5) is 10.9. The fourth-order valence-electron chi connectivity index (χ4n) is 2.52. The van der Waals surface area contributed by atoms with Gasteiger partial charge >= 0.3 is 5.97 Å². The van der Waals surface area contributed by atoms with E-state index >= 15 is 0 Å². The Morgan fingerprint density at radius 1 is 1.00 bits per heavy atom. The van der Waals surface area contributed by atoms with Gasteiger partial charge in [-0.05, 0) is 40.5 Å². The first-order valence-electron chi connectivity index (χ1n) is 8.80. The van der Waals surface area contributed by atoms with Crippen molar-refractivity contribution < 1.29 is 14.6 Å². The lowest BCUT2D eigenvalue weighted by molar-refractivity contribution is 0.0696. The van der Waals surface area contributed by atoms with Gasteiger partial charge in [-0.3, -0.25) is 0 Å². The van der Waals surface area contributed by atoms with Gasteiger partial charge in [0.05, 0.1) is 16.6 Å². The van der Waals surface area contributed by atoms with E-state index in [0.717, 1.165) is 6.42 Å². The van der Waals surface area contributed by atoms with Gasteiger partial charge in [0, 0.05) is 0 Å². The number of halogens is 1. The summed E-state index contributed by atoms with van der Waals surface area (Å²) >= 11 is 3.36. The van der Waals surface area contributed by atoms with Crippen LogP contribution in [0.1, 0.15) is 81.5 Å². The molecule has 0 heterocycles. The highest BCUT2D eigenvalue weighted by Crippen LogP contribution is 2.26. The minimum Gasteiger partial charge on any atom is -0.492 e. The minimum atomic E-state index is -0.924. The van der Waals surface area contributed by atoms with Crippen LogP contribution in [0.2, 0.25) is 0 Å². The number of aromatic carboxylic acids is 1. The van der Waals surface area contributed by atoms with Gasteiger partial charge in [0.15, 0.2) is 0 Å². The first-order chi connectivity index (χ1) is 11.1. The topological polar surface area (TPSA) is 46.5 Å². The summed E-state index contributed by atoms with van der Waals surface area (Å²) < 4.78 is 6.40. The zero-order valence-corrected chi connectivity index (χ0v) is 15.7. The summed E-state index contributed by atoms with van der Waals surface area (Å²) in [5.41, 5.74) is 0.267. The highest BCUT2D eigenvalue weighted by Gasteiger charge is 2.07. The largest absolute Gasteiger partial charge is 0.492 e. The standard InChI is InChI=1S/C19H29BrO3/c1-2-3-4-5-6-7-8-9-10-11-14-23-18-13-12-16(19(21)22)15-17(18)20/h12-13,15H,2-11,14H2,1H3,(H,21,22). The molecule has 0 unspecified atom stereocenters. The summed E-state index contributed by atoms with van der Waals surface area (Å²) in [6.45, 7) is 2.93. The summed E-state index contributed by atoms with van der Waals surface area (Å²) in [6, 6.07) is 4.86. The lowest BCUT2D eigenvalue weighted by Crippen LogP contribution is -2.00. The molecule has 0 aliphatic heterocycles. The van der Waals surface area contributed by atoms with Gasteiger partial charge in [-0.1, -0.05) is 64.7 Å². The lowest BCUT2D eigenvalue weighted by Gasteiger charge is -2.08. The molecule has 1 rings (SSSR count). The third-order valence-electron chi connectivity index (χ3n) is 3.93. The smallest absolute Gasteiger partial charge is 0.335 e. The molecule has 0 amide bonds. The second-order valence-corrected chi connectivity index (χ2v) is 6.84. The second kappa shape index (κ2) is 12.4. The van der Waals surface area contributed by atoms with Gasteiger partial charge in [0.2, 0.25) is 0 Å². The van der Waals surface area contributed by atoms with Crippen molar-refractivity contribution in [2.45, 2.75) is 71.1 Å². The average Bonchev–Trinajstić information content (AvgIpc) is 2.53. The quantitative estimate of drug-likeness (QED) is 0.397. The monoisotopic (exact) mass is 384 g/mol. The predicted molar refractivity (Wildman–Crippen MR) is 98.4 cm³/mol. The summed E-state index contributed by atoms with van der Waals surface area (Å²) in [5, 5.41) is 8.92. The molecule has 0 atom stereocenters. The van der Waals surface area contributed by atoms with E-state index in [1.165, 1.54) is 57.8 Å². The number of benzene rings is 1. The van der Waals surface area contributed by atoms with Crippen molar-refractivity contribution >= 4 is 21.9 Å². The van der Waals surface area contributed by atoms with Gasteiger partial charge in [0.25, 0.3) is 0 Å². The number of hydrogen-bond donors (Lipinski definition) is 1. The molecule has 1 N–H and O–H groups in total. The van der Waals surface area contributed by atoms with Crippen molar-refractivity contribution in [1.82, 2.24) is 0 Å². The second-order valence-electron chi connectivity index (χ2n) is 5.98. The van der Waals surface area contributed by atoms with Crippen molar-refractivity contribution in [3.05, 3.63) is 28.2 Å². The molecule has 0 radical (unpaired) electrons. The maximum absolute atomic E-state index is 10.9. The molecular formula is C19H29BrO3. The molecule has 0 aliphatic rings. The van der Waals surface area contributed by atoms with Gasteiger partial charge in [-0.2, -0.15) is 0 Å². The molecule has 0 aromatic heterocycles. The van der Waals surface area contributed by atoms with E-state index in [-0.39, 0.29) is 5.56 Å². The minimum absolute atomic E-state index is 0.267. The number of unbranched alkanes of at least 4 members (excludes halogenated alkanes) is 9. The van der Waals surface area contributed by atoms with Crippen molar-refractivity contribution in [2.75, 3.05) is 6.61 Å². The number of carboxylic acid groups (broad SMARTS) is 1. The van der Waals surface area contributed by atoms with E-state index in [0.29, 0.717) is 16.8 Å². The third kappa shape index (κ3) is 8.99. The average molecular weight is 385 g/mol. The predicted octanol–water partition coefficient (Wildman–Crippen LogP) is 6.45. The number of carbonyl (C=O) groups is 1. The van der Waals surface area contributed by atoms with Crippen molar-refractivity contribution in [2.24, 2.45) is 0 Å². The number of rotatable bonds is 13. The van der Waals surface area contributed by atoms with E-state index < -0.39 is 5.97 Å². The Kier molecular flexibility index (Phi) is 10.8. The first-order valence-corrected chi connectivity index (χ1v) is 9.60. The molecule has 0 saturated heterocycles. The number of hydrogen-bond acceptors (Lipinski definition) is 2. The van der Waals surface area contributed by atoms with Crippen LogP contribution in [-0.4, -0.2) is 17.7 Å². The molecule has 3 nitrogen and oxygen atoms in total. The van der Waals surface area contributed by atoms with Gasteiger partial charge in [-0.15, -0.1) is 0 Å². The van der Waals surface area contributed by atoms with Crippen molar-refractivity contribution in [1.29, 1.82) is 0 Å². The molecule has 0 fully saturated rings. The molecule has 130 valence electrons. The fourth-order valence-corrected chi connectivity index (χ4v) is 3.02. The van der Waals surface area contributed by atoms with E-state index in [1.807, 2.05) is 0 Å². The Morgan fingerprint density at radius 2 is 1.57 bits per heavy atom. The molecule has 0 bridgehead atoms. The molecule has 0 spiro atoms. The van der Waals surface area contributed by atoms with Gasteiger partial charge in [0.1, 0.15) is 5.75 Å². The maximum Gasteiger partial charge on any atom is 0.335 e. The molecule has 23 heavy (non-hydrogen) atoms. The van der Waals surface area contributed by atoms with Crippen molar-refractivity contribution in [3.63, 3.8) is 0 Å². The maximum atomic E-state index is 10.9. The van der Waals surface area contributed by atoms with Crippen LogP contribution in [0, 0.1) is 0 Å². The third-order valence-corrected chi connectivity index (χ3v) is 4.55. The van der Waals surface area contributed by atoms with Crippen LogP contribution in [-0.2, 0) is 0 Å². The van der Waals surface area contributed by atoms with Crippen LogP contribution in [0.5, 0.6) is 5.75 Å². The Morgan fingerprint density at radius 3 is 2.09 bits per heavy atom.